The molecule has 1 aliphatic carbocycles. The highest BCUT2D eigenvalue weighted by atomic mass is 35.5. The third-order valence-corrected chi connectivity index (χ3v) is 4.26. The van der Waals surface area contributed by atoms with Gasteiger partial charge in [0.2, 0.25) is 0 Å². The zero-order chi connectivity index (χ0) is 11.8. The summed E-state index contributed by atoms with van der Waals surface area (Å²) in [5, 5.41) is 2.57. The van der Waals surface area contributed by atoms with Crippen molar-refractivity contribution in [2.75, 3.05) is 0 Å². The summed E-state index contributed by atoms with van der Waals surface area (Å²) >= 11 is 12.3. The van der Waals surface area contributed by atoms with Crippen LogP contribution in [-0.2, 0) is 6.54 Å². The molecule has 0 spiro atoms. The normalized spacial score (nSPS) is 17.1. The van der Waals surface area contributed by atoms with E-state index in [9.17, 15) is 0 Å². The van der Waals surface area contributed by atoms with E-state index in [1.54, 1.807) is 0 Å². The zero-order valence-corrected chi connectivity index (χ0v) is 11.1. The van der Waals surface area contributed by atoms with Gasteiger partial charge in [0.1, 0.15) is 0 Å². The lowest BCUT2D eigenvalue weighted by Crippen LogP contribution is -2.05. The van der Waals surface area contributed by atoms with Gasteiger partial charge in [0.25, 0.3) is 0 Å². The lowest BCUT2D eigenvalue weighted by molar-refractivity contribution is 0.466. The van der Waals surface area contributed by atoms with Crippen LogP contribution < -0.4 is 0 Å². The monoisotopic (exact) mass is 267 g/mol. The number of nitrogens with zero attached hydrogens (tertiary/aromatic N) is 1. The Morgan fingerprint density at radius 3 is 2.71 bits per heavy atom. The molecule has 17 heavy (non-hydrogen) atoms. The second-order valence-electron chi connectivity index (χ2n) is 4.94. The zero-order valence-electron chi connectivity index (χ0n) is 9.63. The first-order valence-corrected chi connectivity index (χ1v) is 6.93. The number of benzene rings is 1. The number of halogens is 2. The number of rotatable bonds is 2. The molecule has 1 heterocycles. The van der Waals surface area contributed by atoms with E-state index in [1.807, 2.05) is 12.1 Å². The predicted molar refractivity (Wildman–Crippen MR) is 73.9 cm³/mol. The lowest BCUT2D eigenvalue weighted by Gasteiger charge is -2.11. The number of hydrogen-bond acceptors (Lipinski definition) is 0. The molecule has 0 unspecified atom stereocenters. The summed E-state index contributed by atoms with van der Waals surface area (Å²) in [5.41, 5.74) is 1.16. The minimum atomic E-state index is 0.717. The minimum absolute atomic E-state index is 0.717. The summed E-state index contributed by atoms with van der Waals surface area (Å²) in [6.07, 6.45) is 7.60. The average molecular weight is 268 g/mol. The van der Waals surface area contributed by atoms with Crippen molar-refractivity contribution in [2.45, 2.75) is 32.2 Å². The molecule has 3 heteroatoms. The van der Waals surface area contributed by atoms with E-state index in [1.165, 1.54) is 25.7 Å². The van der Waals surface area contributed by atoms with Crippen molar-refractivity contribution < 1.29 is 0 Å². The summed E-state index contributed by atoms with van der Waals surface area (Å²) in [4.78, 5) is 0. The molecular formula is C14H15Cl2N. The standard InChI is InChI=1S/C14H15Cl2N/c15-11-7-13(16)12-5-6-17(14(12)8-11)9-10-3-1-2-4-10/h5-8,10H,1-4,9H2. The molecule has 0 radical (unpaired) electrons. The van der Waals surface area contributed by atoms with Crippen LogP contribution >= 0.6 is 23.2 Å². The highest BCUT2D eigenvalue weighted by Crippen LogP contribution is 2.31. The third-order valence-electron chi connectivity index (χ3n) is 3.73. The largest absolute Gasteiger partial charge is 0.347 e. The van der Waals surface area contributed by atoms with Crippen molar-refractivity contribution in [1.82, 2.24) is 4.57 Å². The quantitative estimate of drug-likeness (QED) is 0.710. The van der Waals surface area contributed by atoms with Crippen LogP contribution in [0, 0.1) is 5.92 Å². The molecule has 1 aromatic heterocycles. The average Bonchev–Trinajstić information content (AvgIpc) is 2.89. The van der Waals surface area contributed by atoms with E-state index in [-0.39, 0.29) is 0 Å². The first-order valence-electron chi connectivity index (χ1n) is 6.18. The maximum absolute atomic E-state index is 6.19. The summed E-state index contributed by atoms with van der Waals surface area (Å²) in [6.45, 7) is 1.10. The number of hydrogen-bond donors (Lipinski definition) is 0. The topological polar surface area (TPSA) is 4.93 Å². The molecule has 1 aliphatic rings. The Kier molecular flexibility index (Phi) is 3.06. The molecule has 3 rings (SSSR count). The maximum Gasteiger partial charge on any atom is 0.0514 e. The highest BCUT2D eigenvalue weighted by Gasteiger charge is 2.16. The molecule has 0 amide bonds. The Morgan fingerprint density at radius 1 is 1.18 bits per heavy atom. The van der Waals surface area contributed by atoms with Gasteiger partial charge >= 0.3 is 0 Å². The highest BCUT2D eigenvalue weighted by molar-refractivity contribution is 6.38. The van der Waals surface area contributed by atoms with Crippen LogP contribution in [0.25, 0.3) is 10.9 Å². The summed E-state index contributed by atoms with van der Waals surface area (Å²) in [7, 11) is 0. The molecule has 1 saturated carbocycles. The second kappa shape index (κ2) is 4.55. The smallest absolute Gasteiger partial charge is 0.0514 e. The molecule has 0 saturated heterocycles. The van der Waals surface area contributed by atoms with E-state index in [4.69, 9.17) is 23.2 Å². The van der Waals surface area contributed by atoms with Crippen LogP contribution in [0.15, 0.2) is 24.4 Å². The van der Waals surface area contributed by atoms with E-state index in [0.29, 0.717) is 5.02 Å². The first-order chi connectivity index (χ1) is 8.24. The molecule has 0 N–H and O–H groups in total. The van der Waals surface area contributed by atoms with Crippen LogP contribution in [-0.4, -0.2) is 4.57 Å². The first kappa shape index (κ1) is 11.4. The number of fused-ring (bicyclic) bond motifs is 1. The molecule has 0 aliphatic heterocycles. The van der Waals surface area contributed by atoms with Gasteiger partial charge in [-0.15, -0.1) is 0 Å². The van der Waals surface area contributed by atoms with Gasteiger partial charge in [0.15, 0.2) is 0 Å². The molecule has 1 nitrogen and oxygen atoms in total. The Balaban J connectivity index is 1.99. The van der Waals surface area contributed by atoms with Crippen LogP contribution in [0.3, 0.4) is 0 Å². The minimum Gasteiger partial charge on any atom is -0.347 e. The van der Waals surface area contributed by atoms with Gasteiger partial charge in [0, 0.05) is 23.2 Å². The van der Waals surface area contributed by atoms with E-state index < -0.39 is 0 Å². The van der Waals surface area contributed by atoms with Crippen molar-refractivity contribution >= 4 is 34.1 Å². The Bertz CT molecular complexity index is 538. The fourth-order valence-electron chi connectivity index (χ4n) is 2.85. The molecule has 1 fully saturated rings. The van der Waals surface area contributed by atoms with Gasteiger partial charge in [-0.05, 0) is 37.0 Å². The van der Waals surface area contributed by atoms with Crippen molar-refractivity contribution in [2.24, 2.45) is 5.92 Å². The Hall–Kier alpha value is -0.660. The van der Waals surface area contributed by atoms with Crippen LogP contribution in [0.1, 0.15) is 25.7 Å². The Morgan fingerprint density at radius 2 is 1.94 bits per heavy atom. The van der Waals surface area contributed by atoms with Gasteiger partial charge < -0.3 is 4.57 Å². The summed E-state index contributed by atoms with van der Waals surface area (Å²) < 4.78 is 2.29. The molecule has 1 aromatic carbocycles. The summed E-state index contributed by atoms with van der Waals surface area (Å²) in [5.74, 6) is 0.823. The Labute approximate surface area is 111 Å². The number of aromatic nitrogens is 1. The van der Waals surface area contributed by atoms with Crippen LogP contribution in [0.2, 0.25) is 10.0 Å². The van der Waals surface area contributed by atoms with Gasteiger partial charge in [0.05, 0.1) is 10.5 Å². The molecule has 90 valence electrons. The fraction of sp³-hybridized carbons (Fsp3) is 0.429. The van der Waals surface area contributed by atoms with Crippen molar-refractivity contribution in [3.05, 3.63) is 34.4 Å². The molecule has 0 atom stereocenters. The maximum atomic E-state index is 6.19. The SMILES string of the molecule is Clc1cc(Cl)c2ccn(CC3CCCC3)c2c1. The second-order valence-corrected chi connectivity index (χ2v) is 5.78. The van der Waals surface area contributed by atoms with E-state index >= 15 is 0 Å². The van der Waals surface area contributed by atoms with E-state index in [0.717, 1.165) is 28.4 Å². The van der Waals surface area contributed by atoms with Gasteiger partial charge in [-0.3, -0.25) is 0 Å². The van der Waals surface area contributed by atoms with Gasteiger partial charge in [-0.1, -0.05) is 36.0 Å². The van der Waals surface area contributed by atoms with E-state index in [2.05, 4.69) is 16.8 Å². The van der Waals surface area contributed by atoms with Gasteiger partial charge in [-0.2, -0.15) is 0 Å². The van der Waals surface area contributed by atoms with Crippen molar-refractivity contribution in [3.8, 4) is 0 Å². The third kappa shape index (κ3) is 2.19. The van der Waals surface area contributed by atoms with Gasteiger partial charge in [-0.25, -0.2) is 0 Å². The van der Waals surface area contributed by atoms with Crippen LogP contribution in [0.5, 0.6) is 0 Å². The van der Waals surface area contributed by atoms with Crippen molar-refractivity contribution in [3.63, 3.8) is 0 Å². The predicted octanol–water partition coefficient (Wildman–Crippen LogP) is 5.14. The molecule has 0 bridgehead atoms. The fourth-order valence-corrected chi connectivity index (χ4v) is 3.39. The summed E-state index contributed by atoms with van der Waals surface area (Å²) in [6, 6.07) is 5.91. The van der Waals surface area contributed by atoms with Crippen LogP contribution in [0.4, 0.5) is 0 Å². The lowest BCUT2D eigenvalue weighted by atomic mass is 10.1. The van der Waals surface area contributed by atoms with Crippen molar-refractivity contribution in [1.29, 1.82) is 0 Å². The molecular weight excluding hydrogens is 253 g/mol. The molecule has 2 aromatic rings.